The van der Waals surface area contributed by atoms with Gasteiger partial charge >= 0.3 is 0 Å². The van der Waals surface area contributed by atoms with Crippen molar-refractivity contribution in [1.82, 2.24) is 15.1 Å². The van der Waals surface area contributed by atoms with Gasteiger partial charge in [-0.3, -0.25) is 0 Å². The molecule has 4 N–H and O–H groups in total. The van der Waals surface area contributed by atoms with Gasteiger partial charge < -0.3 is 16.0 Å². The normalized spacial score (nSPS) is 11.8. The van der Waals surface area contributed by atoms with Crippen LogP contribution in [0.1, 0.15) is 19.4 Å². The highest BCUT2D eigenvalue weighted by Gasteiger charge is 2.20. The van der Waals surface area contributed by atoms with Crippen LogP contribution in [-0.2, 0) is 16.4 Å². The summed E-state index contributed by atoms with van der Waals surface area (Å²) in [6.45, 7) is 3.77. The average Bonchev–Trinajstić information content (AvgIpc) is 3.29. The van der Waals surface area contributed by atoms with Gasteiger partial charge in [-0.15, -0.1) is 0 Å². The van der Waals surface area contributed by atoms with Crippen LogP contribution < -0.4 is 11.5 Å². The number of anilines is 1. The molecule has 0 atom stereocenters. The summed E-state index contributed by atoms with van der Waals surface area (Å²) in [6, 6.07) is 16.0. The summed E-state index contributed by atoms with van der Waals surface area (Å²) < 4.78 is 30.2. The van der Waals surface area contributed by atoms with E-state index in [0.29, 0.717) is 35.0 Å². The molecular formula is C23H23N5O3S. The summed E-state index contributed by atoms with van der Waals surface area (Å²) in [5.74, 6) is 0.586. The lowest BCUT2D eigenvalue weighted by atomic mass is 10.1. The highest BCUT2D eigenvalue weighted by molar-refractivity contribution is 7.92. The van der Waals surface area contributed by atoms with Gasteiger partial charge in [0.05, 0.1) is 22.0 Å². The van der Waals surface area contributed by atoms with Gasteiger partial charge in [0.2, 0.25) is 0 Å². The lowest BCUT2D eigenvalue weighted by Crippen LogP contribution is -2.13. The van der Waals surface area contributed by atoms with Crippen LogP contribution in [0.2, 0.25) is 0 Å². The number of hydrogen-bond acceptors (Lipinski definition) is 8. The predicted molar refractivity (Wildman–Crippen MR) is 123 cm³/mol. The van der Waals surface area contributed by atoms with E-state index in [1.54, 1.807) is 44.2 Å². The first-order chi connectivity index (χ1) is 15.3. The third-order valence-corrected chi connectivity index (χ3v) is 7.30. The Labute approximate surface area is 186 Å². The summed E-state index contributed by atoms with van der Waals surface area (Å²) in [5, 5.41) is 3.62. The van der Waals surface area contributed by atoms with Crippen LogP contribution in [0, 0.1) is 0 Å². The topological polar surface area (TPSA) is 138 Å². The maximum atomic E-state index is 12.3. The molecule has 0 unspecified atom stereocenters. The van der Waals surface area contributed by atoms with Crippen LogP contribution >= 0.6 is 0 Å². The smallest absolute Gasteiger partial charge is 0.189 e. The van der Waals surface area contributed by atoms with E-state index in [4.69, 9.17) is 16.0 Å². The van der Waals surface area contributed by atoms with Gasteiger partial charge in [0.15, 0.2) is 27.1 Å². The minimum atomic E-state index is -3.35. The van der Waals surface area contributed by atoms with Gasteiger partial charge in [-0.25, -0.2) is 18.4 Å². The maximum Gasteiger partial charge on any atom is 0.189 e. The first-order valence-corrected chi connectivity index (χ1v) is 11.6. The van der Waals surface area contributed by atoms with Crippen molar-refractivity contribution in [2.24, 2.45) is 5.73 Å². The Bertz CT molecular complexity index is 1350. The molecule has 8 nitrogen and oxygen atoms in total. The number of aromatic nitrogens is 3. The Morgan fingerprint density at radius 1 is 0.969 bits per heavy atom. The fraction of sp³-hybridized carbons (Fsp3) is 0.174. The molecule has 164 valence electrons. The van der Waals surface area contributed by atoms with Crippen LogP contribution in [0.25, 0.3) is 34.0 Å². The fourth-order valence-corrected chi connectivity index (χ4v) is 4.20. The van der Waals surface area contributed by atoms with E-state index >= 15 is 0 Å². The molecule has 0 radical (unpaired) electrons. The molecule has 2 aromatic carbocycles. The van der Waals surface area contributed by atoms with Crippen molar-refractivity contribution < 1.29 is 12.9 Å². The third-order valence-electron chi connectivity index (χ3n) is 5.13. The van der Waals surface area contributed by atoms with Crippen molar-refractivity contribution >= 4 is 15.7 Å². The monoisotopic (exact) mass is 449 g/mol. The summed E-state index contributed by atoms with van der Waals surface area (Å²) in [4.78, 5) is 9.08. The van der Waals surface area contributed by atoms with E-state index in [9.17, 15) is 8.42 Å². The second kappa shape index (κ2) is 8.52. The van der Waals surface area contributed by atoms with E-state index in [0.717, 1.165) is 11.1 Å². The molecule has 32 heavy (non-hydrogen) atoms. The molecule has 0 aliphatic carbocycles. The molecule has 2 heterocycles. The van der Waals surface area contributed by atoms with Gasteiger partial charge in [-0.1, -0.05) is 41.6 Å². The van der Waals surface area contributed by atoms with Crippen LogP contribution in [0.15, 0.2) is 70.2 Å². The van der Waals surface area contributed by atoms with Gasteiger partial charge in [-0.2, -0.15) is 0 Å². The summed E-state index contributed by atoms with van der Waals surface area (Å²) in [5.41, 5.74) is 15.8. The lowest BCUT2D eigenvalue weighted by Gasteiger charge is -2.09. The maximum absolute atomic E-state index is 12.3. The second-order valence-corrected chi connectivity index (χ2v) is 10.1. The first-order valence-electron chi connectivity index (χ1n) is 10.0. The fourth-order valence-electron chi connectivity index (χ4n) is 3.14. The van der Waals surface area contributed by atoms with Crippen molar-refractivity contribution in [2.75, 3.05) is 5.73 Å². The standard InChI is InChI=1S/C23H23N5O3S/c1-14(2)32(29,30)18-9-7-17(8-10-18)20-13-26-23(25)22(27-20)21-11-19(28-31-21)16-5-3-15(12-24)4-6-16/h3-11,13-14H,12,24H2,1-2H3,(H2,25,26). The van der Waals surface area contributed by atoms with Crippen molar-refractivity contribution in [3.05, 3.63) is 66.4 Å². The Morgan fingerprint density at radius 3 is 2.22 bits per heavy atom. The van der Waals surface area contributed by atoms with Crippen molar-refractivity contribution in [3.63, 3.8) is 0 Å². The van der Waals surface area contributed by atoms with Crippen molar-refractivity contribution in [1.29, 1.82) is 0 Å². The van der Waals surface area contributed by atoms with Gasteiger partial charge in [-0.05, 0) is 31.5 Å². The second-order valence-electron chi connectivity index (χ2n) is 7.58. The number of nitrogen functional groups attached to an aromatic ring is 1. The summed E-state index contributed by atoms with van der Waals surface area (Å²) in [7, 11) is -3.35. The molecule has 0 amide bonds. The molecular weight excluding hydrogens is 426 g/mol. The molecule has 4 aromatic rings. The van der Waals surface area contributed by atoms with Gasteiger partial charge in [0.1, 0.15) is 5.69 Å². The number of nitrogens with two attached hydrogens (primary N) is 2. The molecule has 0 saturated carbocycles. The van der Waals surface area contributed by atoms with Crippen LogP contribution in [-0.4, -0.2) is 28.8 Å². The molecule has 0 bridgehead atoms. The quantitative estimate of drug-likeness (QED) is 0.454. The van der Waals surface area contributed by atoms with Crippen LogP contribution in [0.3, 0.4) is 0 Å². The van der Waals surface area contributed by atoms with Crippen LogP contribution in [0.5, 0.6) is 0 Å². The summed E-state index contributed by atoms with van der Waals surface area (Å²) in [6.07, 6.45) is 1.54. The molecule has 4 rings (SSSR count). The molecule has 2 aromatic heterocycles. The minimum Gasteiger partial charge on any atom is -0.382 e. The van der Waals surface area contributed by atoms with Gasteiger partial charge in [0, 0.05) is 23.7 Å². The number of benzene rings is 2. The third kappa shape index (κ3) is 4.12. The zero-order chi connectivity index (χ0) is 22.9. The van der Waals surface area contributed by atoms with E-state index < -0.39 is 15.1 Å². The largest absolute Gasteiger partial charge is 0.382 e. The van der Waals surface area contributed by atoms with Crippen molar-refractivity contribution in [3.8, 4) is 34.0 Å². The van der Waals surface area contributed by atoms with Crippen molar-refractivity contribution in [2.45, 2.75) is 30.5 Å². The Morgan fingerprint density at radius 2 is 1.59 bits per heavy atom. The Hall–Kier alpha value is -3.56. The highest BCUT2D eigenvalue weighted by Crippen LogP contribution is 2.30. The molecule has 9 heteroatoms. The zero-order valence-corrected chi connectivity index (χ0v) is 18.5. The average molecular weight is 450 g/mol. The van der Waals surface area contributed by atoms with E-state index in [1.165, 1.54) is 6.20 Å². The summed E-state index contributed by atoms with van der Waals surface area (Å²) >= 11 is 0. The minimum absolute atomic E-state index is 0.203. The van der Waals surface area contributed by atoms with Gasteiger partial charge in [0.25, 0.3) is 0 Å². The van der Waals surface area contributed by atoms with E-state index in [1.807, 2.05) is 24.3 Å². The number of rotatable bonds is 6. The SMILES string of the molecule is CC(C)S(=O)(=O)c1ccc(-c2cnc(N)c(-c3cc(-c4ccc(CN)cc4)no3)n2)cc1. The molecule has 0 aliphatic heterocycles. The van der Waals surface area contributed by atoms with E-state index in [-0.39, 0.29) is 10.7 Å². The molecule has 0 saturated heterocycles. The number of sulfone groups is 1. The number of hydrogen-bond donors (Lipinski definition) is 2. The first kappa shape index (κ1) is 21.7. The predicted octanol–water partition coefficient (Wildman–Crippen LogP) is 3.69. The lowest BCUT2D eigenvalue weighted by molar-refractivity contribution is 0.434. The van der Waals surface area contributed by atoms with E-state index in [2.05, 4.69) is 15.1 Å². The van der Waals surface area contributed by atoms with Crippen LogP contribution in [0.4, 0.5) is 5.82 Å². The zero-order valence-electron chi connectivity index (χ0n) is 17.7. The molecule has 0 spiro atoms. The Balaban J connectivity index is 1.66. The number of nitrogens with zero attached hydrogens (tertiary/aromatic N) is 3. The molecule has 0 aliphatic rings. The highest BCUT2D eigenvalue weighted by atomic mass is 32.2. The molecule has 0 fully saturated rings. The Kier molecular flexibility index (Phi) is 5.77.